The van der Waals surface area contributed by atoms with Gasteiger partial charge in [-0.15, -0.1) is 0 Å². The third-order valence-electron chi connectivity index (χ3n) is 2.62. The lowest BCUT2D eigenvalue weighted by Crippen LogP contribution is -2.25. The van der Waals surface area contributed by atoms with Crippen LogP contribution in [0, 0.1) is 11.3 Å². The molecule has 0 spiro atoms. The Bertz CT molecular complexity index is 555. The Morgan fingerprint density at radius 1 is 1.29 bits per heavy atom. The normalized spacial score (nSPS) is 12.5. The molecule has 1 N–H and O–H groups in total. The van der Waals surface area contributed by atoms with Crippen LogP contribution in [0.2, 0.25) is 0 Å². The molecule has 0 aliphatic rings. The third kappa shape index (κ3) is 4.68. The lowest BCUT2D eigenvalue weighted by Gasteiger charge is -2.18. The van der Waals surface area contributed by atoms with Gasteiger partial charge in [-0.1, -0.05) is 12.1 Å². The number of nitriles is 1. The third-order valence-corrected chi connectivity index (χ3v) is 4.74. The maximum Gasteiger partial charge on any atom is 0.361 e. The molecule has 1 amide bonds. The van der Waals surface area contributed by atoms with Gasteiger partial charge in [0.25, 0.3) is 0 Å². The van der Waals surface area contributed by atoms with Crippen LogP contribution in [0.5, 0.6) is 0 Å². The second-order valence-electron chi connectivity index (χ2n) is 4.19. The average Bonchev–Trinajstić information content (AvgIpc) is 2.45. The van der Waals surface area contributed by atoms with Crippen molar-refractivity contribution in [3.63, 3.8) is 0 Å². The molecule has 1 atom stereocenters. The number of hydrogen-bond acceptors (Lipinski definition) is 5. The summed E-state index contributed by atoms with van der Waals surface area (Å²) >= 11 is 0. The highest BCUT2D eigenvalue weighted by molar-refractivity contribution is 7.62. The summed E-state index contributed by atoms with van der Waals surface area (Å²) in [6.07, 6.45) is 0. The van der Waals surface area contributed by atoms with Crippen LogP contribution in [0.25, 0.3) is 0 Å². The summed E-state index contributed by atoms with van der Waals surface area (Å²) in [5.74, 6) is -0.292. The van der Waals surface area contributed by atoms with Crippen molar-refractivity contribution in [3.05, 3.63) is 29.8 Å². The molecule has 1 aromatic carbocycles. The smallest absolute Gasteiger partial charge is 0.337 e. The first-order valence-electron chi connectivity index (χ1n) is 6.63. The van der Waals surface area contributed by atoms with Gasteiger partial charge in [0.15, 0.2) is 0 Å². The zero-order chi connectivity index (χ0) is 15.9. The lowest BCUT2D eigenvalue weighted by atomic mass is 10.1. The van der Waals surface area contributed by atoms with Crippen LogP contribution < -0.4 is 10.6 Å². The number of nitrogens with one attached hydrogen (secondary N) is 1. The molecule has 0 bridgehead atoms. The van der Waals surface area contributed by atoms with E-state index in [1.807, 2.05) is 6.07 Å². The van der Waals surface area contributed by atoms with E-state index in [0.717, 1.165) is 0 Å². The van der Waals surface area contributed by atoms with Gasteiger partial charge in [0.2, 0.25) is 5.91 Å². The number of benzene rings is 1. The predicted molar refractivity (Wildman–Crippen MR) is 79.1 cm³/mol. The van der Waals surface area contributed by atoms with E-state index in [1.165, 1.54) is 6.92 Å². The monoisotopic (exact) mass is 310 g/mol. The second-order valence-corrected chi connectivity index (χ2v) is 6.21. The Kier molecular flexibility index (Phi) is 6.57. The van der Waals surface area contributed by atoms with Crippen LogP contribution >= 0.6 is 7.60 Å². The highest BCUT2D eigenvalue weighted by Gasteiger charge is 2.26. The zero-order valence-corrected chi connectivity index (χ0v) is 13.2. The van der Waals surface area contributed by atoms with Gasteiger partial charge in [0.1, 0.15) is 6.04 Å². The van der Waals surface area contributed by atoms with E-state index < -0.39 is 13.6 Å². The second kappa shape index (κ2) is 7.94. The topological polar surface area (TPSA) is 88.4 Å². The van der Waals surface area contributed by atoms with Gasteiger partial charge in [-0.05, 0) is 31.5 Å². The molecule has 0 radical (unpaired) electrons. The molecule has 0 aliphatic carbocycles. The van der Waals surface area contributed by atoms with Gasteiger partial charge in [-0.2, -0.15) is 5.26 Å². The fourth-order valence-corrected chi connectivity index (χ4v) is 3.34. The first-order valence-corrected chi connectivity index (χ1v) is 8.17. The fourth-order valence-electron chi connectivity index (χ4n) is 1.77. The number of nitrogens with zero attached hydrogens (tertiary/aromatic N) is 1. The van der Waals surface area contributed by atoms with Crippen LogP contribution in [-0.4, -0.2) is 19.1 Å². The van der Waals surface area contributed by atoms with Crippen molar-refractivity contribution in [3.8, 4) is 6.07 Å². The Labute approximate surface area is 124 Å². The van der Waals surface area contributed by atoms with Crippen LogP contribution in [0.4, 0.5) is 0 Å². The molecule has 1 rings (SSSR count). The molecule has 0 saturated heterocycles. The Morgan fingerprint density at radius 2 is 1.81 bits per heavy atom. The molecule has 0 fully saturated rings. The maximum atomic E-state index is 12.6. The first-order chi connectivity index (χ1) is 9.96. The minimum absolute atomic E-state index is 0.270. The number of amides is 1. The van der Waals surface area contributed by atoms with Gasteiger partial charge < -0.3 is 14.4 Å². The predicted octanol–water partition coefficient (Wildman–Crippen LogP) is 2.28. The molecule has 114 valence electrons. The van der Waals surface area contributed by atoms with Gasteiger partial charge in [-0.3, -0.25) is 9.36 Å². The van der Waals surface area contributed by atoms with Gasteiger partial charge in [0.05, 0.1) is 24.6 Å². The number of rotatable bonds is 7. The van der Waals surface area contributed by atoms with Crippen molar-refractivity contribution >= 4 is 18.8 Å². The summed E-state index contributed by atoms with van der Waals surface area (Å²) < 4.78 is 23.1. The SMILES string of the molecule is CCOP(=O)(OCC)c1ccc([C@@H](C#N)NC(C)=O)cc1. The molecule has 6 nitrogen and oxygen atoms in total. The van der Waals surface area contributed by atoms with E-state index in [-0.39, 0.29) is 19.1 Å². The average molecular weight is 310 g/mol. The van der Waals surface area contributed by atoms with Gasteiger partial charge in [-0.25, -0.2) is 0 Å². The maximum absolute atomic E-state index is 12.6. The zero-order valence-electron chi connectivity index (χ0n) is 12.3. The molecular formula is C14H19N2O4P. The molecule has 0 aromatic heterocycles. The van der Waals surface area contributed by atoms with Crippen molar-refractivity contribution < 1.29 is 18.4 Å². The van der Waals surface area contributed by atoms with Crippen molar-refractivity contribution in [2.45, 2.75) is 26.8 Å². The van der Waals surface area contributed by atoms with Crippen molar-refractivity contribution in [1.82, 2.24) is 5.32 Å². The summed E-state index contributed by atoms with van der Waals surface area (Å²) in [5.41, 5.74) is 0.607. The van der Waals surface area contributed by atoms with E-state index in [9.17, 15) is 9.36 Å². The van der Waals surface area contributed by atoms with E-state index in [1.54, 1.807) is 38.1 Å². The number of hydrogen-bond donors (Lipinski definition) is 1. The first kappa shape index (κ1) is 17.4. The molecule has 0 saturated carbocycles. The molecule has 0 unspecified atom stereocenters. The Balaban J connectivity index is 3.02. The van der Waals surface area contributed by atoms with E-state index in [4.69, 9.17) is 14.3 Å². The van der Waals surface area contributed by atoms with E-state index in [0.29, 0.717) is 10.9 Å². The number of carbonyl (C=O) groups is 1. The van der Waals surface area contributed by atoms with Gasteiger partial charge in [0, 0.05) is 6.92 Å². The standard InChI is InChI=1S/C14H19N2O4P/c1-4-19-21(18,20-5-2)13-8-6-12(7-9-13)14(10-15)16-11(3)17/h6-9,14H,4-5H2,1-3H3,(H,16,17)/t14-/m1/s1. The van der Waals surface area contributed by atoms with Crippen LogP contribution in [0.15, 0.2) is 24.3 Å². The molecular weight excluding hydrogens is 291 g/mol. The van der Waals surface area contributed by atoms with Crippen LogP contribution in [0.1, 0.15) is 32.4 Å². The van der Waals surface area contributed by atoms with Crippen LogP contribution in [-0.2, 0) is 18.4 Å². The van der Waals surface area contributed by atoms with E-state index >= 15 is 0 Å². The summed E-state index contributed by atoms with van der Waals surface area (Å²) in [6, 6.07) is 7.69. The lowest BCUT2D eigenvalue weighted by molar-refractivity contribution is -0.119. The van der Waals surface area contributed by atoms with Crippen molar-refractivity contribution in [1.29, 1.82) is 5.26 Å². The summed E-state index contributed by atoms with van der Waals surface area (Å²) in [4.78, 5) is 11.0. The molecule has 21 heavy (non-hydrogen) atoms. The Morgan fingerprint density at radius 3 is 2.19 bits per heavy atom. The molecule has 0 aliphatic heterocycles. The largest absolute Gasteiger partial charge is 0.361 e. The number of carbonyl (C=O) groups excluding carboxylic acids is 1. The Hall–Kier alpha value is -1.67. The molecule has 0 heterocycles. The van der Waals surface area contributed by atoms with Crippen molar-refractivity contribution in [2.24, 2.45) is 0 Å². The van der Waals surface area contributed by atoms with E-state index in [2.05, 4.69) is 5.32 Å². The summed E-state index contributed by atoms with van der Waals surface area (Å²) in [5, 5.41) is 12.0. The molecule has 7 heteroatoms. The minimum Gasteiger partial charge on any atom is -0.337 e. The van der Waals surface area contributed by atoms with Gasteiger partial charge >= 0.3 is 7.60 Å². The minimum atomic E-state index is -3.33. The highest BCUT2D eigenvalue weighted by Crippen LogP contribution is 2.46. The fraction of sp³-hybridized carbons (Fsp3) is 0.429. The summed E-state index contributed by atoms with van der Waals surface area (Å²) in [7, 11) is -3.33. The highest BCUT2D eigenvalue weighted by atomic mass is 31.2. The molecule has 1 aromatic rings. The van der Waals surface area contributed by atoms with Crippen LogP contribution in [0.3, 0.4) is 0 Å². The quantitative estimate of drug-likeness (QED) is 0.780. The van der Waals surface area contributed by atoms with Crippen molar-refractivity contribution in [2.75, 3.05) is 13.2 Å². The summed E-state index contributed by atoms with van der Waals surface area (Å²) in [6.45, 7) is 5.36.